The van der Waals surface area contributed by atoms with Crippen molar-refractivity contribution in [1.29, 1.82) is 0 Å². The van der Waals surface area contributed by atoms with Gasteiger partial charge in [-0.3, -0.25) is 9.78 Å². The highest BCUT2D eigenvalue weighted by Gasteiger charge is 2.07. The van der Waals surface area contributed by atoms with Crippen LogP contribution in [0.4, 0.5) is 5.95 Å². The molecule has 0 radical (unpaired) electrons. The van der Waals surface area contributed by atoms with E-state index in [0.717, 1.165) is 17.5 Å². The van der Waals surface area contributed by atoms with Crippen molar-refractivity contribution in [2.75, 3.05) is 11.9 Å². The number of halogens is 1. The molecule has 7 heteroatoms. The molecule has 1 aromatic carbocycles. The lowest BCUT2D eigenvalue weighted by molar-refractivity contribution is 0.0953. The van der Waals surface area contributed by atoms with Gasteiger partial charge in [0, 0.05) is 42.9 Å². The first-order chi connectivity index (χ1) is 12.7. The summed E-state index contributed by atoms with van der Waals surface area (Å²) in [7, 11) is 0. The first-order valence-electron chi connectivity index (χ1n) is 8.18. The highest BCUT2D eigenvalue weighted by molar-refractivity contribution is 6.30. The fraction of sp³-hybridized carbons (Fsp3) is 0.158. The first kappa shape index (κ1) is 17.8. The van der Waals surface area contributed by atoms with Crippen LogP contribution in [-0.2, 0) is 13.0 Å². The Bertz CT molecular complexity index is 838. The molecule has 0 fully saturated rings. The largest absolute Gasteiger partial charge is 0.352 e. The summed E-state index contributed by atoms with van der Waals surface area (Å²) in [5.41, 5.74) is 2.62. The van der Waals surface area contributed by atoms with Crippen molar-refractivity contribution in [1.82, 2.24) is 20.3 Å². The second-order valence-electron chi connectivity index (χ2n) is 5.64. The monoisotopic (exact) mass is 367 g/mol. The average Bonchev–Trinajstić information content (AvgIpc) is 2.69. The van der Waals surface area contributed by atoms with Gasteiger partial charge in [0.15, 0.2) is 0 Å². The van der Waals surface area contributed by atoms with E-state index >= 15 is 0 Å². The highest BCUT2D eigenvalue weighted by atomic mass is 35.5. The van der Waals surface area contributed by atoms with Crippen LogP contribution in [0.25, 0.3) is 0 Å². The zero-order chi connectivity index (χ0) is 18.2. The first-order valence-corrected chi connectivity index (χ1v) is 8.56. The van der Waals surface area contributed by atoms with Gasteiger partial charge in [0.1, 0.15) is 0 Å². The third kappa shape index (κ3) is 5.26. The van der Waals surface area contributed by atoms with Gasteiger partial charge in [0.05, 0.1) is 5.56 Å². The molecule has 0 saturated heterocycles. The molecule has 1 amide bonds. The van der Waals surface area contributed by atoms with Gasteiger partial charge in [-0.05, 0) is 41.8 Å². The summed E-state index contributed by atoms with van der Waals surface area (Å²) in [4.78, 5) is 24.5. The molecular formula is C19H18ClN5O. The van der Waals surface area contributed by atoms with Crippen molar-refractivity contribution in [2.24, 2.45) is 0 Å². The molecule has 0 atom stereocenters. The minimum Gasteiger partial charge on any atom is -0.352 e. The van der Waals surface area contributed by atoms with Crippen LogP contribution in [-0.4, -0.2) is 27.4 Å². The summed E-state index contributed by atoms with van der Waals surface area (Å²) in [6.07, 6.45) is 7.22. The van der Waals surface area contributed by atoms with Gasteiger partial charge < -0.3 is 10.6 Å². The van der Waals surface area contributed by atoms with E-state index in [1.165, 1.54) is 12.4 Å². The average molecular weight is 368 g/mol. The number of carbonyl (C=O) groups excluding carboxylic acids is 1. The van der Waals surface area contributed by atoms with E-state index in [1.54, 1.807) is 12.4 Å². The normalized spacial score (nSPS) is 10.3. The highest BCUT2D eigenvalue weighted by Crippen LogP contribution is 2.09. The van der Waals surface area contributed by atoms with E-state index in [-0.39, 0.29) is 5.91 Å². The van der Waals surface area contributed by atoms with Crippen LogP contribution in [0.2, 0.25) is 5.02 Å². The number of carbonyl (C=O) groups is 1. The molecule has 0 unspecified atom stereocenters. The van der Waals surface area contributed by atoms with Crippen LogP contribution in [0.15, 0.2) is 61.2 Å². The van der Waals surface area contributed by atoms with E-state index in [2.05, 4.69) is 25.6 Å². The van der Waals surface area contributed by atoms with Crippen molar-refractivity contribution in [3.05, 3.63) is 82.9 Å². The Hall–Kier alpha value is -2.99. The van der Waals surface area contributed by atoms with Gasteiger partial charge >= 0.3 is 0 Å². The molecule has 0 bridgehead atoms. The van der Waals surface area contributed by atoms with Crippen LogP contribution in [0.3, 0.4) is 0 Å². The quantitative estimate of drug-likeness (QED) is 0.670. The lowest BCUT2D eigenvalue weighted by Gasteiger charge is -2.07. The molecule has 2 heterocycles. The predicted molar refractivity (Wildman–Crippen MR) is 101 cm³/mol. The Morgan fingerprint density at radius 3 is 2.35 bits per heavy atom. The molecule has 2 aromatic heterocycles. The van der Waals surface area contributed by atoms with Crippen molar-refractivity contribution >= 4 is 23.5 Å². The summed E-state index contributed by atoms with van der Waals surface area (Å²) >= 11 is 5.85. The van der Waals surface area contributed by atoms with E-state index in [0.29, 0.717) is 29.6 Å². The molecular weight excluding hydrogens is 350 g/mol. The summed E-state index contributed by atoms with van der Waals surface area (Å²) in [6.45, 7) is 1.12. The van der Waals surface area contributed by atoms with Crippen molar-refractivity contribution < 1.29 is 4.79 Å². The van der Waals surface area contributed by atoms with Gasteiger partial charge in [0.25, 0.3) is 5.91 Å². The lowest BCUT2D eigenvalue weighted by Crippen LogP contribution is -2.26. The zero-order valence-corrected chi connectivity index (χ0v) is 14.8. The standard InChI is InChI=1S/C19H18ClN5O/c20-17-3-1-14(2-4-17)7-10-22-18(26)16-12-24-19(25-13-16)23-11-15-5-8-21-9-6-15/h1-6,8-9,12-13H,7,10-11H2,(H,22,26)(H,23,24,25). The number of rotatable bonds is 7. The molecule has 26 heavy (non-hydrogen) atoms. The minimum atomic E-state index is -0.195. The fourth-order valence-corrected chi connectivity index (χ4v) is 2.42. The van der Waals surface area contributed by atoms with Gasteiger partial charge in [-0.15, -0.1) is 0 Å². The summed E-state index contributed by atoms with van der Waals surface area (Å²) in [5, 5.41) is 6.67. The number of pyridine rings is 1. The van der Waals surface area contributed by atoms with E-state index < -0.39 is 0 Å². The van der Waals surface area contributed by atoms with Crippen LogP contribution < -0.4 is 10.6 Å². The van der Waals surface area contributed by atoms with Crippen LogP contribution >= 0.6 is 11.6 Å². The van der Waals surface area contributed by atoms with Gasteiger partial charge in [0.2, 0.25) is 5.95 Å². The summed E-state index contributed by atoms with van der Waals surface area (Å²) in [6, 6.07) is 11.4. The third-order valence-electron chi connectivity index (χ3n) is 3.73. The number of nitrogens with zero attached hydrogens (tertiary/aromatic N) is 3. The van der Waals surface area contributed by atoms with Crippen LogP contribution in [0.5, 0.6) is 0 Å². The second-order valence-corrected chi connectivity index (χ2v) is 6.07. The molecule has 0 saturated carbocycles. The number of hydrogen-bond donors (Lipinski definition) is 2. The van der Waals surface area contributed by atoms with Crippen molar-refractivity contribution in [3.8, 4) is 0 Å². The SMILES string of the molecule is O=C(NCCc1ccc(Cl)cc1)c1cnc(NCc2ccncc2)nc1. The molecule has 0 aliphatic rings. The number of anilines is 1. The second kappa shape index (κ2) is 8.92. The maximum atomic E-state index is 12.1. The van der Waals surface area contributed by atoms with Gasteiger partial charge in [-0.2, -0.15) is 0 Å². The zero-order valence-electron chi connectivity index (χ0n) is 14.0. The number of benzene rings is 1. The molecule has 3 rings (SSSR count). The Morgan fingerprint density at radius 1 is 0.962 bits per heavy atom. The summed E-state index contributed by atoms with van der Waals surface area (Å²) in [5.74, 6) is 0.277. The van der Waals surface area contributed by atoms with Gasteiger partial charge in [-0.25, -0.2) is 9.97 Å². The van der Waals surface area contributed by atoms with E-state index in [9.17, 15) is 4.79 Å². The lowest BCUT2D eigenvalue weighted by atomic mass is 10.1. The molecule has 0 aliphatic heterocycles. The Balaban J connectivity index is 1.46. The number of hydrogen-bond acceptors (Lipinski definition) is 5. The summed E-state index contributed by atoms with van der Waals surface area (Å²) < 4.78 is 0. The Labute approximate surface area is 156 Å². The molecule has 2 N–H and O–H groups in total. The van der Waals surface area contributed by atoms with E-state index in [1.807, 2.05) is 36.4 Å². The molecule has 6 nitrogen and oxygen atoms in total. The molecule has 3 aromatic rings. The maximum absolute atomic E-state index is 12.1. The van der Waals surface area contributed by atoms with Crippen molar-refractivity contribution in [3.63, 3.8) is 0 Å². The number of amides is 1. The minimum absolute atomic E-state index is 0.195. The molecule has 0 spiro atoms. The van der Waals surface area contributed by atoms with Gasteiger partial charge in [-0.1, -0.05) is 23.7 Å². The van der Waals surface area contributed by atoms with Crippen LogP contribution in [0.1, 0.15) is 21.5 Å². The predicted octanol–water partition coefficient (Wildman–Crippen LogP) is 3.11. The molecule has 0 aliphatic carbocycles. The number of nitrogens with one attached hydrogen (secondary N) is 2. The Morgan fingerprint density at radius 2 is 1.65 bits per heavy atom. The topological polar surface area (TPSA) is 79.8 Å². The molecule has 132 valence electrons. The van der Waals surface area contributed by atoms with Crippen LogP contribution in [0, 0.1) is 0 Å². The smallest absolute Gasteiger partial charge is 0.254 e. The maximum Gasteiger partial charge on any atom is 0.254 e. The fourth-order valence-electron chi connectivity index (χ4n) is 2.29. The number of aromatic nitrogens is 3. The van der Waals surface area contributed by atoms with Crippen molar-refractivity contribution in [2.45, 2.75) is 13.0 Å². The third-order valence-corrected chi connectivity index (χ3v) is 3.98. The van der Waals surface area contributed by atoms with E-state index in [4.69, 9.17) is 11.6 Å². The Kier molecular flexibility index (Phi) is 6.11.